The lowest BCUT2D eigenvalue weighted by Gasteiger charge is -2.35. The number of benzene rings is 2. The van der Waals surface area contributed by atoms with Gasteiger partial charge in [0.25, 0.3) is 0 Å². The summed E-state index contributed by atoms with van der Waals surface area (Å²) in [5.41, 5.74) is -13.5. The molecule has 186 valence electrons. The highest BCUT2D eigenvalue weighted by Gasteiger charge is 2.54. The minimum absolute atomic E-state index is 0.334. The summed E-state index contributed by atoms with van der Waals surface area (Å²) in [4.78, 5) is 0. The Balaban J connectivity index is 2.09. The van der Waals surface area contributed by atoms with Gasteiger partial charge in [-0.3, -0.25) is 0 Å². The van der Waals surface area contributed by atoms with Crippen LogP contribution in [0.2, 0.25) is 0 Å². The molecule has 0 atom stereocenters. The number of alkyl halides is 6. The summed E-state index contributed by atoms with van der Waals surface area (Å²) in [5, 5.41) is 1.45. The molecular weight excluding hydrogens is 514 g/mol. The van der Waals surface area contributed by atoms with Gasteiger partial charge in [-0.05, 0) is 48.3 Å². The smallest absolute Gasteiger partial charge is 0.380 e. The molecule has 0 saturated carbocycles. The minimum atomic E-state index is -6.21. The maximum atomic E-state index is 12.9. The monoisotopic (exact) mass is 530 g/mol. The molecule has 0 saturated heterocycles. The van der Waals surface area contributed by atoms with Crippen molar-refractivity contribution in [2.45, 2.75) is 30.8 Å². The first-order valence-electron chi connectivity index (χ1n) is 9.37. The third kappa shape index (κ3) is 5.02. The molecule has 6 nitrogen and oxygen atoms in total. The largest absolute Gasteiger partial charge is 0.534 e. The Bertz CT molecular complexity index is 1310. The zero-order valence-corrected chi connectivity index (χ0v) is 18.8. The summed E-state index contributed by atoms with van der Waals surface area (Å²) in [6.07, 6.45) is 0.907. The highest BCUT2D eigenvalue weighted by Crippen LogP contribution is 2.46. The van der Waals surface area contributed by atoms with Crippen molar-refractivity contribution in [2.24, 2.45) is 5.41 Å². The number of allylic oxidation sites excluding steroid dienone is 2. The predicted molar refractivity (Wildman–Crippen MR) is 109 cm³/mol. The van der Waals surface area contributed by atoms with Crippen molar-refractivity contribution in [1.29, 1.82) is 0 Å². The molecule has 0 fully saturated rings. The molecule has 0 radical (unpaired) electrons. The van der Waals surface area contributed by atoms with Gasteiger partial charge in [-0.15, -0.1) is 0 Å². The average molecular weight is 530 g/mol. The van der Waals surface area contributed by atoms with Crippen LogP contribution in [0.3, 0.4) is 0 Å². The molecule has 2 aromatic rings. The number of hydrogen-bond acceptors (Lipinski definition) is 6. The Hall–Kier alpha value is -2.74. The molecule has 0 aromatic heterocycles. The van der Waals surface area contributed by atoms with Gasteiger partial charge in [0.2, 0.25) is 0 Å². The summed E-state index contributed by atoms with van der Waals surface area (Å²) in [6.45, 7) is 1.02. The third-order valence-corrected chi connectivity index (χ3v) is 6.96. The summed E-state index contributed by atoms with van der Waals surface area (Å²) >= 11 is 0. The molecule has 0 N–H and O–H groups in total. The van der Waals surface area contributed by atoms with Gasteiger partial charge in [0.15, 0.2) is 0 Å². The molecule has 14 heteroatoms. The van der Waals surface area contributed by atoms with Gasteiger partial charge >= 0.3 is 31.3 Å². The van der Waals surface area contributed by atoms with E-state index in [0.29, 0.717) is 10.9 Å². The molecule has 2 aromatic carbocycles. The van der Waals surface area contributed by atoms with Crippen LogP contribution in [0.15, 0.2) is 66.1 Å². The predicted octanol–water partition coefficient (Wildman–Crippen LogP) is 5.29. The van der Waals surface area contributed by atoms with E-state index >= 15 is 0 Å². The topological polar surface area (TPSA) is 86.7 Å². The fraction of sp³-hybridized carbons (Fsp3) is 0.300. The van der Waals surface area contributed by atoms with E-state index in [1.165, 1.54) is 6.07 Å². The Morgan fingerprint density at radius 3 is 1.74 bits per heavy atom. The quantitative estimate of drug-likeness (QED) is 0.287. The Morgan fingerprint density at radius 2 is 1.26 bits per heavy atom. The molecule has 0 bridgehead atoms. The van der Waals surface area contributed by atoms with Crippen LogP contribution in [-0.2, 0) is 35.0 Å². The lowest BCUT2D eigenvalue weighted by Crippen LogP contribution is -2.36. The Kier molecular flexibility index (Phi) is 6.46. The number of rotatable bonds is 6. The first-order chi connectivity index (χ1) is 15.5. The molecular formula is C20H16F6O6S2. The zero-order chi connectivity index (χ0) is 25.6. The normalized spacial score (nSPS) is 17.1. The van der Waals surface area contributed by atoms with Gasteiger partial charge in [0.05, 0.1) is 5.41 Å². The first-order valence-corrected chi connectivity index (χ1v) is 12.2. The standard InChI is InChI=1S/C20H16F6O6S2/c1-18(12-13-9-10-14-5-2-3-6-15(14)11-13)16(31-33(27,28)19(21,22)23)7-4-8-17(18)32-34(29,30)20(24,25)26/h2-3,5-11H,4,12H2,1H3. The van der Waals surface area contributed by atoms with Crippen LogP contribution in [0, 0.1) is 5.41 Å². The Labute approximate surface area is 190 Å². The van der Waals surface area contributed by atoms with Crippen LogP contribution >= 0.6 is 0 Å². The van der Waals surface area contributed by atoms with Crippen molar-refractivity contribution in [2.75, 3.05) is 0 Å². The van der Waals surface area contributed by atoms with E-state index in [4.69, 9.17) is 0 Å². The molecule has 3 rings (SSSR count). The van der Waals surface area contributed by atoms with Gasteiger partial charge in [-0.2, -0.15) is 43.2 Å². The van der Waals surface area contributed by atoms with E-state index in [-0.39, 0.29) is 0 Å². The van der Waals surface area contributed by atoms with E-state index in [1.54, 1.807) is 36.4 Å². The second kappa shape index (κ2) is 8.48. The fourth-order valence-corrected chi connectivity index (χ4v) is 4.52. The summed E-state index contributed by atoms with van der Waals surface area (Å²) in [5.74, 6) is -1.85. The molecule has 1 aliphatic rings. The summed E-state index contributed by atoms with van der Waals surface area (Å²) in [6, 6.07) is 11.6. The zero-order valence-electron chi connectivity index (χ0n) is 17.1. The lowest BCUT2D eigenvalue weighted by molar-refractivity contribution is -0.0546. The van der Waals surface area contributed by atoms with Crippen molar-refractivity contribution >= 4 is 31.0 Å². The van der Waals surface area contributed by atoms with Gasteiger partial charge in [-0.1, -0.05) is 42.5 Å². The number of halogens is 6. The summed E-state index contributed by atoms with van der Waals surface area (Å²) < 4.78 is 133. The molecule has 34 heavy (non-hydrogen) atoms. The number of fused-ring (bicyclic) bond motifs is 1. The second-order valence-electron chi connectivity index (χ2n) is 7.53. The van der Waals surface area contributed by atoms with Gasteiger partial charge in [-0.25, -0.2) is 0 Å². The maximum Gasteiger partial charge on any atom is 0.534 e. The Morgan fingerprint density at radius 1 is 0.794 bits per heavy atom. The maximum absolute atomic E-state index is 12.9. The summed E-state index contributed by atoms with van der Waals surface area (Å²) in [7, 11) is -12.4. The van der Waals surface area contributed by atoms with E-state index in [0.717, 1.165) is 24.5 Å². The highest BCUT2D eigenvalue weighted by molar-refractivity contribution is 7.88. The van der Waals surface area contributed by atoms with Crippen molar-refractivity contribution in [1.82, 2.24) is 0 Å². The molecule has 1 aliphatic carbocycles. The fourth-order valence-electron chi connectivity index (χ4n) is 3.36. The average Bonchev–Trinajstić information content (AvgIpc) is 2.69. The van der Waals surface area contributed by atoms with Crippen LogP contribution < -0.4 is 0 Å². The lowest BCUT2D eigenvalue weighted by atomic mass is 9.77. The van der Waals surface area contributed by atoms with E-state index in [2.05, 4.69) is 8.37 Å². The van der Waals surface area contributed by atoms with Crippen LogP contribution in [0.5, 0.6) is 0 Å². The van der Waals surface area contributed by atoms with Gasteiger partial charge in [0.1, 0.15) is 11.5 Å². The van der Waals surface area contributed by atoms with Crippen molar-refractivity contribution in [3.8, 4) is 0 Å². The molecule has 0 aliphatic heterocycles. The van der Waals surface area contributed by atoms with Crippen LogP contribution in [-0.4, -0.2) is 27.9 Å². The molecule has 0 unspecified atom stereocenters. The minimum Gasteiger partial charge on any atom is -0.380 e. The molecule has 0 spiro atoms. The van der Waals surface area contributed by atoms with Crippen molar-refractivity contribution < 1.29 is 51.5 Å². The second-order valence-corrected chi connectivity index (χ2v) is 10.6. The molecule has 0 heterocycles. The van der Waals surface area contributed by atoms with Crippen molar-refractivity contribution in [3.63, 3.8) is 0 Å². The van der Waals surface area contributed by atoms with Gasteiger partial charge in [0, 0.05) is 0 Å². The van der Waals surface area contributed by atoms with Crippen LogP contribution in [0.4, 0.5) is 26.3 Å². The highest BCUT2D eigenvalue weighted by atomic mass is 32.2. The molecule has 0 amide bonds. The van der Waals surface area contributed by atoms with E-state index in [1.807, 2.05) is 0 Å². The first kappa shape index (κ1) is 25.9. The third-order valence-electron chi connectivity index (χ3n) is 5.03. The van der Waals surface area contributed by atoms with Crippen molar-refractivity contribution in [3.05, 3.63) is 71.7 Å². The van der Waals surface area contributed by atoms with Crippen LogP contribution in [0.1, 0.15) is 18.9 Å². The van der Waals surface area contributed by atoms with E-state index in [9.17, 15) is 43.2 Å². The van der Waals surface area contributed by atoms with Gasteiger partial charge < -0.3 is 8.37 Å². The SMILES string of the molecule is CC1(Cc2ccc3ccccc3c2)C(OS(=O)(=O)C(F)(F)F)=CCC=C1OS(=O)(=O)C(F)(F)F. The van der Waals surface area contributed by atoms with Crippen LogP contribution in [0.25, 0.3) is 10.8 Å². The number of hydrogen-bond donors (Lipinski definition) is 0. The van der Waals surface area contributed by atoms with E-state index < -0.39 is 61.0 Å².